The molecular weight excluding hydrogens is 1350 g/mol. The van der Waals surface area contributed by atoms with Crippen LogP contribution in [0.25, 0.3) is 0 Å². The summed E-state index contributed by atoms with van der Waals surface area (Å²) in [5.74, 6) is -0.478. The molecule has 0 aromatic heterocycles. The highest BCUT2D eigenvalue weighted by Gasteiger charge is 2.30. The summed E-state index contributed by atoms with van der Waals surface area (Å²) in [7, 11) is -9.93. The van der Waals surface area contributed by atoms with E-state index in [1.165, 1.54) is 270 Å². The SMILES string of the molecule is CCCCCCCCCCCCCCCCCCC(=O)OC[C@H](COP(=O)(O)OC[C@@H](O)COP(=O)(O)OC[C@@H](COC(=O)CCCCCCCCCCCCCCC)OC(=O)CCCCCCCCCCCCC(C)CC)OC(=O)CCCCCCCCCCCCCCCCCCCCC(C)C. The number of phosphoric acid groups is 2. The third kappa shape index (κ3) is 76.8. The maximum Gasteiger partial charge on any atom is 0.472 e. The minimum Gasteiger partial charge on any atom is -0.462 e. The van der Waals surface area contributed by atoms with Crippen molar-refractivity contribution in [3.05, 3.63) is 0 Å². The van der Waals surface area contributed by atoms with E-state index in [2.05, 4.69) is 41.5 Å². The zero-order valence-electron chi connectivity index (χ0n) is 68.3. The molecule has 19 heteroatoms. The average Bonchev–Trinajstić information content (AvgIpc) is 0.904. The molecule has 0 spiro atoms. The summed E-state index contributed by atoms with van der Waals surface area (Å²) >= 11 is 0. The fourth-order valence-electron chi connectivity index (χ4n) is 13.2. The van der Waals surface area contributed by atoms with Gasteiger partial charge in [-0.25, -0.2) is 9.13 Å². The Bertz CT molecular complexity index is 2000. The minimum absolute atomic E-state index is 0.107. The van der Waals surface area contributed by atoms with Crippen molar-refractivity contribution in [1.29, 1.82) is 0 Å². The van der Waals surface area contributed by atoms with Crippen LogP contribution in [0.1, 0.15) is 452 Å². The number of carbonyl (C=O) groups is 4. The second-order valence-electron chi connectivity index (χ2n) is 31.3. The maximum absolute atomic E-state index is 13.1. The largest absolute Gasteiger partial charge is 0.472 e. The van der Waals surface area contributed by atoms with E-state index in [9.17, 15) is 43.2 Å². The third-order valence-corrected chi connectivity index (χ3v) is 22.2. The molecule has 0 aromatic rings. The Morgan fingerprint density at radius 2 is 0.490 bits per heavy atom. The van der Waals surface area contributed by atoms with Crippen molar-refractivity contribution in [2.24, 2.45) is 11.8 Å². The minimum atomic E-state index is -4.97. The first-order valence-corrected chi connectivity index (χ1v) is 47.0. The van der Waals surface area contributed by atoms with E-state index in [0.717, 1.165) is 102 Å². The number of phosphoric ester groups is 2. The summed E-state index contributed by atoms with van der Waals surface area (Å²) in [5.41, 5.74) is 0. The first kappa shape index (κ1) is 102. The van der Waals surface area contributed by atoms with Crippen molar-refractivity contribution in [2.75, 3.05) is 39.6 Å². The molecular formula is C85H166O17P2. The van der Waals surface area contributed by atoms with Gasteiger partial charge in [0.05, 0.1) is 26.4 Å². The van der Waals surface area contributed by atoms with Crippen molar-refractivity contribution < 1.29 is 80.2 Å². The highest BCUT2D eigenvalue weighted by molar-refractivity contribution is 7.47. The number of hydrogen-bond donors (Lipinski definition) is 3. The molecule has 17 nitrogen and oxygen atoms in total. The molecule has 0 radical (unpaired) electrons. The Labute approximate surface area is 638 Å². The Kier molecular flexibility index (Phi) is 75.0. The fourth-order valence-corrected chi connectivity index (χ4v) is 14.8. The van der Waals surface area contributed by atoms with Gasteiger partial charge < -0.3 is 33.8 Å². The lowest BCUT2D eigenvalue weighted by molar-refractivity contribution is -0.161. The summed E-state index contributed by atoms with van der Waals surface area (Å²) in [5, 5.41) is 10.7. The van der Waals surface area contributed by atoms with Crippen LogP contribution in [0.2, 0.25) is 0 Å². The molecule has 6 atom stereocenters. The molecule has 0 saturated carbocycles. The highest BCUT2D eigenvalue weighted by Crippen LogP contribution is 2.45. The topological polar surface area (TPSA) is 237 Å². The molecule has 618 valence electrons. The van der Waals surface area contributed by atoms with Crippen LogP contribution in [0.4, 0.5) is 0 Å². The molecule has 0 fully saturated rings. The molecule has 0 aliphatic carbocycles. The first-order valence-electron chi connectivity index (χ1n) is 44.0. The van der Waals surface area contributed by atoms with E-state index in [1.807, 2.05) is 0 Å². The normalized spacial score (nSPS) is 14.1. The van der Waals surface area contributed by atoms with E-state index >= 15 is 0 Å². The van der Waals surface area contributed by atoms with Gasteiger partial charge in [0, 0.05) is 25.7 Å². The van der Waals surface area contributed by atoms with Gasteiger partial charge in [-0.05, 0) is 37.5 Å². The molecule has 0 bridgehead atoms. The van der Waals surface area contributed by atoms with Crippen LogP contribution in [0.3, 0.4) is 0 Å². The number of aliphatic hydroxyl groups is 1. The van der Waals surface area contributed by atoms with E-state index in [4.69, 9.17) is 37.0 Å². The van der Waals surface area contributed by atoms with Crippen LogP contribution in [0.15, 0.2) is 0 Å². The molecule has 0 aliphatic heterocycles. The molecule has 104 heavy (non-hydrogen) atoms. The molecule has 3 unspecified atom stereocenters. The lowest BCUT2D eigenvalue weighted by Crippen LogP contribution is -2.30. The van der Waals surface area contributed by atoms with Crippen LogP contribution in [0.5, 0.6) is 0 Å². The Balaban J connectivity index is 5.25. The van der Waals surface area contributed by atoms with E-state index < -0.39 is 97.5 Å². The summed E-state index contributed by atoms with van der Waals surface area (Å²) in [6, 6.07) is 0. The van der Waals surface area contributed by atoms with E-state index in [1.54, 1.807) is 0 Å². The maximum atomic E-state index is 13.1. The molecule has 0 aliphatic rings. The molecule has 3 N–H and O–H groups in total. The van der Waals surface area contributed by atoms with Crippen molar-refractivity contribution in [2.45, 2.75) is 471 Å². The number of esters is 4. The van der Waals surface area contributed by atoms with Crippen molar-refractivity contribution >= 4 is 39.5 Å². The van der Waals surface area contributed by atoms with Gasteiger partial charge in [0.2, 0.25) is 0 Å². The lowest BCUT2D eigenvalue weighted by Gasteiger charge is -2.21. The van der Waals surface area contributed by atoms with Crippen LogP contribution in [-0.4, -0.2) is 96.7 Å². The van der Waals surface area contributed by atoms with Gasteiger partial charge in [0.15, 0.2) is 12.2 Å². The molecule has 0 rings (SSSR count). The standard InChI is InChI=1S/C85H166O17P2/c1-7-10-12-14-16-18-20-22-23-29-33-37-44-50-56-62-68-83(88)96-73-80(101-84(89)69-63-57-51-45-38-34-30-27-25-24-26-28-32-35-41-47-53-59-65-77(4)5)75-99-103(91,92)97-71-79(86)72-98-104(93,94)100-76-81(74-95-82(87)67-61-55-49-43-36-31-21-19-17-15-13-11-8-2)102-85(90)70-64-58-52-46-40-39-42-48-54-60-66-78(6)9-3/h77-81,86H,7-76H2,1-6H3,(H,91,92)(H,93,94)/t78?,79-,80-,81-/m1/s1. The number of unbranched alkanes of at least 4 members (excludes halogenated alkanes) is 53. The van der Waals surface area contributed by atoms with Gasteiger partial charge in [-0.1, -0.05) is 401 Å². The second-order valence-corrected chi connectivity index (χ2v) is 34.2. The quantitative estimate of drug-likeness (QED) is 0.0222. The van der Waals surface area contributed by atoms with E-state index in [-0.39, 0.29) is 25.7 Å². The van der Waals surface area contributed by atoms with Gasteiger partial charge in [-0.2, -0.15) is 0 Å². The molecule has 0 saturated heterocycles. The summed E-state index contributed by atoms with van der Waals surface area (Å²) in [4.78, 5) is 73.2. The van der Waals surface area contributed by atoms with Crippen LogP contribution in [-0.2, 0) is 65.4 Å². The molecule has 0 amide bonds. The predicted molar refractivity (Wildman–Crippen MR) is 428 cm³/mol. The van der Waals surface area contributed by atoms with Crippen LogP contribution < -0.4 is 0 Å². The predicted octanol–water partition coefficient (Wildman–Crippen LogP) is 25.8. The Morgan fingerprint density at radius 3 is 0.731 bits per heavy atom. The van der Waals surface area contributed by atoms with Crippen molar-refractivity contribution in [3.63, 3.8) is 0 Å². The van der Waals surface area contributed by atoms with Crippen LogP contribution >= 0.6 is 15.6 Å². The van der Waals surface area contributed by atoms with Gasteiger partial charge in [-0.3, -0.25) is 37.3 Å². The fraction of sp³-hybridized carbons (Fsp3) is 0.953. The summed E-state index contributed by atoms with van der Waals surface area (Å²) in [6.07, 6.45) is 67.8. The zero-order chi connectivity index (χ0) is 76.4. The number of rotatable bonds is 84. The highest BCUT2D eigenvalue weighted by atomic mass is 31.2. The van der Waals surface area contributed by atoms with Crippen molar-refractivity contribution in [3.8, 4) is 0 Å². The lowest BCUT2D eigenvalue weighted by atomic mass is 9.99. The average molecular weight is 1520 g/mol. The molecule has 0 aromatic carbocycles. The summed E-state index contributed by atoms with van der Waals surface area (Å²) < 4.78 is 68.9. The van der Waals surface area contributed by atoms with Gasteiger partial charge in [0.1, 0.15) is 19.3 Å². The smallest absolute Gasteiger partial charge is 0.462 e. The number of ether oxygens (including phenoxy) is 4. The Morgan fingerprint density at radius 1 is 0.279 bits per heavy atom. The zero-order valence-corrected chi connectivity index (χ0v) is 70.1. The van der Waals surface area contributed by atoms with Gasteiger partial charge in [-0.15, -0.1) is 0 Å². The van der Waals surface area contributed by atoms with Gasteiger partial charge >= 0.3 is 39.5 Å². The van der Waals surface area contributed by atoms with Crippen molar-refractivity contribution in [1.82, 2.24) is 0 Å². The molecule has 0 heterocycles. The van der Waals surface area contributed by atoms with Crippen LogP contribution in [0, 0.1) is 11.8 Å². The number of carbonyl (C=O) groups excluding carboxylic acids is 4. The summed E-state index contributed by atoms with van der Waals surface area (Å²) in [6.45, 7) is 9.73. The van der Waals surface area contributed by atoms with Gasteiger partial charge in [0.25, 0.3) is 0 Å². The first-order chi connectivity index (χ1) is 50.4. The van der Waals surface area contributed by atoms with E-state index in [0.29, 0.717) is 25.7 Å². The monoisotopic (exact) mass is 1520 g/mol. The Hall–Kier alpha value is -1.94. The number of hydrogen-bond acceptors (Lipinski definition) is 15. The second kappa shape index (κ2) is 76.4. The number of aliphatic hydroxyl groups excluding tert-OH is 1. The third-order valence-electron chi connectivity index (χ3n) is 20.3.